The van der Waals surface area contributed by atoms with E-state index in [1.54, 1.807) is 6.92 Å². The van der Waals surface area contributed by atoms with E-state index in [9.17, 15) is 8.42 Å². The summed E-state index contributed by atoms with van der Waals surface area (Å²) in [5.74, 6) is 0.923. The van der Waals surface area contributed by atoms with Crippen LogP contribution in [0.4, 0.5) is 0 Å². The van der Waals surface area contributed by atoms with Gasteiger partial charge in [0, 0.05) is 30.8 Å². The molecule has 4 nitrogen and oxygen atoms in total. The fourth-order valence-electron chi connectivity index (χ4n) is 1.53. The third-order valence-electron chi connectivity index (χ3n) is 2.66. The van der Waals surface area contributed by atoms with E-state index >= 15 is 0 Å². The van der Waals surface area contributed by atoms with Crippen LogP contribution in [0, 0.1) is 0 Å². The van der Waals surface area contributed by atoms with E-state index in [-0.39, 0.29) is 17.5 Å². The lowest BCUT2D eigenvalue weighted by Gasteiger charge is -2.34. The average molecular weight is 256 g/mol. The summed E-state index contributed by atoms with van der Waals surface area (Å²) in [5, 5.41) is 0. The number of nitrogens with zero attached hydrogens (tertiary/aromatic N) is 1. The summed E-state index contributed by atoms with van der Waals surface area (Å²) in [5.41, 5.74) is 0. The van der Waals surface area contributed by atoms with Crippen LogP contribution in [0.2, 0.25) is 0 Å². The molecule has 1 unspecified atom stereocenters. The second-order valence-electron chi connectivity index (χ2n) is 3.66. The van der Waals surface area contributed by atoms with Gasteiger partial charge in [0.05, 0.1) is 19.0 Å². The Kier molecular flexibility index (Phi) is 5.32. The molecule has 0 spiro atoms. The molecule has 0 radical (unpaired) electrons. The van der Waals surface area contributed by atoms with Crippen LogP contribution in [0.3, 0.4) is 0 Å². The van der Waals surface area contributed by atoms with E-state index in [1.165, 1.54) is 0 Å². The second kappa shape index (κ2) is 6.03. The van der Waals surface area contributed by atoms with Crippen LogP contribution < -0.4 is 0 Å². The molecule has 0 aliphatic carbocycles. The van der Waals surface area contributed by atoms with Crippen molar-refractivity contribution in [2.75, 3.05) is 43.7 Å². The van der Waals surface area contributed by atoms with Crippen molar-refractivity contribution >= 4 is 21.4 Å². The molecule has 1 aliphatic heterocycles. The quantitative estimate of drug-likeness (QED) is 0.666. The lowest BCUT2D eigenvalue weighted by Crippen LogP contribution is -2.48. The molecule has 6 heteroatoms. The van der Waals surface area contributed by atoms with Gasteiger partial charge in [-0.2, -0.15) is 0 Å². The van der Waals surface area contributed by atoms with Crippen molar-refractivity contribution in [1.82, 2.24) is 4.90 Å². The fraction of sp³-hybridized carbons (Fsp3) is 1.00. The van der Waals surface area contributed by atoms with Gasteiger partial charge in [0.25, 0.3) is 0 Å². The Morgan fingerprint density at radius 2 is 2.27 bits per heavy atom. The topological polar surface area (TPSA) is 46.6 Å². The van der Waals surface area contributed by atoms with Crippen LogP contribution in [0.5, 0.6) is 0 Å². The highest BCUT2D eigenvalue weighted by Gasteiger charge is 2.23. The Labute approximate surface area is 96.5 Å². The lowest BCUT2D eigenvalue weighted by atomic mass is 10.2. The van der Waals surface area contributed by atoms with Crippen molar-refractivity contribution in [2.45, 2.75) is 13.0 Å². The normalized spacial score (nSPS) is 24.3. The zero-order valence-corrected chi connectivity index (χ0v) is 10.6. The monoisotopic (exact) mass is 255 g/mol. The Bertz CT molecular complexity index is 281. The molecule has 0 saturated carbocycles. The molecule has 90 valence electrons. The number of alkyl halides is 1. The summed E-state index contributed by atoms with van der Waals surface area (Å²) < 4.78 is 28.0. The van der Waals surface area contributed by atoms with Crippen LogP contribution in [-0.4, -0.2) is 63.0 Å². The molecule has 1 saturated heterocycles. The Morgan fingerprint density at radius 1 is 1.53 bits per heavy atom. The van der Waals surface area contributed by atoms with E-state index in [1.807, 2.05) is 0 Å². The summed E-state index contributed by atoms with van der Waals surface area (Å²) in [7, 11) is -2.88. The van der Waals surface area contributed by atoms with Crippen LogP contribution in [0.25, 0.3) is 0 Å². The van der Waals surface area contributed by atoms with Crippen molar-refractivity contribution in [1.29, 1.82) is 0 Å². The van der Waals surface area contributed by atoms with Crippen LogP contribution in [-0.2, 0) is 14.6 Å². The van der Waals surface area contributed by atoms with Crippen molar-refractivity contribution in [3.05, 3.63) is 0 Å². The van der Waals surface area contributed by atoms with E-state index in [2.05, 4.69) is 4.90 Å². The molecule has 0 aromatic carbocycles. The Hall–Kier alpha value is 0.160. The molecule has 1 fully saturated rings. The minimum atomic E-state index is -2.88. The van der Waals surface area contributed by atoms with E-state index in [4.69, 9.17) is 16.3 Å². The highest BCUT2D eigenvalue weighted by atomic mass is 35.5. The van der Waals surface area contributed by atoms with Gasteiger partial charge >= 0.3 is 0 Å². The summed E-state index contributed by atoms with van der Waals surface area (Å²) in [6.07, 6.45) is 0. The predicted octanol–water partition coefficient (Wildman–Crippen LogP) is 0.361. The third kappa shape index (κ3) is 4.26. The van der Waals surface area contributed by atoms with Gasteiger partial charge in [0.15, 0.2) is 9.84 Å². The molecule has 1 atom stereocenters. The molecule has 15 heavy (non-hydrogen) atoms. The Morgan fingerprint density at radius 3 is 2.87 bits per heavy atom. The van der Waals surface area contributed by atoms with Crippen molar-refractivity contribution in [2.24, 2.45) is 0 Å². The lowest BCUT2D eigenvalue weighted by molar-refractivity contribution is 0.00412. The molecule has 0 amide bonds. The minimum Gasteiger partial charge on any atom is -0.378 e. The first kappa shape index (κ1) is 13.2. The molecular weight excluding hydrogens is 238 g/mol. The van der Waals surface area contributed by atoms with Gasteiger partial charge in [0.2, 0.25) is 0 Å². The highest BCUT2D eigenvalue weighted by Crippen LogP contribution is 2.08. The number of halogens is 1. The molecule has 0 aromatic rings. The zero-order chi connectivity index (χ0) is 11.3. The van der Waals surface area contributed by atoms with E-state index in [0.29, 0.717) is 25.6 Å². The number of sulfone groups is 1. The first-order chi connectivity index (χ1) is 7.09. The van der Waals surface area contributed by atoms with E-state index < -0.39 is 9.84 Å². The van der Waals surface area contributed by atoms with Crippen LogP contribution >= 0.6 is 11.6 Å². The molecule has 1 rings (SSSR count). The van der Waals surface area contributed by atoms with Gasteiger partial charge in [-0.3, -0.25) is 4.90 Å². The number of hydrogen-bond donors (Lipinski definition) is 0. The highest BCUT2D eigenvalue weighted by molar-refractivity contribution is 7.91. The standard InChI is InChI=1S/C9H18ClNO3S/c1-2-15(12,13)6-4-11-3-5-14-8-9(11)7-10/h9H,2-8H2,1H3. The Balaban J connectivity index is 2.42. The van der Waals surface area contributed by atoms with Crippen LogP contribution in [0.1, 0.15) is 6.92 Å². The summed E-state index contributed by atoms with van der Waals surface area (Å²) in [6.45, 7) is 4.29. The molecule has 0 N–H and O–H groups in total. The molecular formula is C9H18ClNO3S. The first-order valence-corrected chi connectivity index (χ1v) is 7.53. The summed E-state index contributed by atoms with van der Waals surface area (Å²) in [6, 6.07) is 0.160. The number of ether oxygens (including phenoxy) is 1. The maximum absolute atomic E-state index is 11.3. The number of morpholine rings is 1. The van der Waals surface area contributed by atoms with Crippen molar-refractivity contribution < 1.29 is 13.2 Å². The SMILES string of the molecule is CCS(=O)(=O)CCN1CCOCC1CCl. The third-order valence-corrected chi connectivity index (χ3v) is 4.70. The first-order valence-electron chi connectivity index (χ1n) is 5.17. The van der Waals surface area contributed by atoms with Gasteiger partial charge in [-0.1, -0.05) is 6.92 Å². The smallest absolute Gasteiger partial charge is 0.151 e. The summed E-state index contributed by atoms with van der Waals surface area (Å²) in [4.78, 5) is 2.10. The minimum absolute atomic E-state index is 0.160. The molecule has 1 heterocycles. The van der Waals surface area contributed by atoms with Gasteiger partial charge in [0.1, 0.15) is 0 Å². The predicted molar refractivity (Wildman–Crippen MR) is 61.2 cm³/mol. The van der Waals surface area contributed by atoms with Crippen molar-refractivity contribution in [3.63, 3.8) is 0 Å². The largest absolute Gasteiger partial charge is 0.378 e. The number of hydrogen-bond acceptors (Lipinski definition) is 4. The van der Waals surface area contributed by atoms with E-state index in [0.717, 1.165) is 6.54 Å². The maximum atomic E-state index is 11.3. The average Bonchev–Trinajstić information content (AvgIpc) is 2.27. The van der Waals surface area contributed by atoms with Gasteiger partial charge in [-0.05, 0) is 0 Å². The number of rotatable bonds is 5. The molecule has 0 aromatic heterocycles. The molecule has 0 bridgehead atoms. The molecule has 1 aliphatic rings. The van der Waals surface area contributed by atoms with Gasteiger partial charge in [-0.15, -0.1) is 11.6 Å². The fourth-order valence-corrected chi connectivity index (χ4v) is 2.61. The van der Waals surface area contributed by atoms with Crippen molar-refractivity contribution in [3.8, 4) is 0 Å². The maximum Gasteiger partial charge on any atom is 0.151 e. The zero-order valence-electron chi connectivity index (χ0n) is 8.99. The van der Waals surface area contributed by atoms with Gasteiger partial charge < -0.3 is 4.74 Å². The summed E-state index contributed by atoms with van der Waals surface area (Å²) >= 11 is 5.79. The van der Waals surface area contributed by atoms with Gasteiger partial charge in [-0.25, -0.2) is 8.42 Å². The second-order valence-corrected chi connectivity index (χ2v) is 6.44. The van der Waals surface area contributed by atoms with Crippen LogP contribution in [0.15, 0.2) is 0 Å².